The summed E-state index contributed by atoms with van der Waals surface area (Å²) in [5, 5.41) is 19.7. The van der Waals surface area contributed by atoms with Crippen LogP contribution in [0.25, 0.3) is 32.9 Å². The third-order valence-corrected chi connectivity index (χ3v) is 4.12. The minimum atomic E-state index is -1.12. The van der Waals surface area contributed by atoms with Crippen molar-refractivity contribution in [1.82, 2.24) is 0 Å². The minimum absolute atomic E-state index is 0.0324. The molecule has 23 heavy (non-hydrogen) atoms. The van der Waals surface area contributed by atoms with Crippen LogP contribution in [-0.2, 0) is 0 Å². The molecule has 0 aliphatic carbocycles. The lowest BCUT2D eigenvalue weighted by Crippen LogP contribution is -1.99. The van der Waals surface area contributed by atoms with Crippen molar-refractivity contribution in [2.45, 2.75) is 13.8 Å². The molecular formula is C17H11FO5. The van der Waals surface area contributed by atoms with Gasteiger partial charge in [0.15, 0.2) is 22.7 Å². The van der Waals surface area contributed by atoms with Crippen LogP contribution in [0.15, 0.2) is 31.8 Å². The van der Waals surface area contributed by atoms with Crippen LogP contribution in [0, 0.1) is 19.7 Å². The highest BCUT2D eigenvalue weighted by atomic mass is 19.1. The van der Waals surface area contributed by atoms with Gasteiger partial charge in [-0.3, -0.25) is 0 Å². The van der Waals surface area contributed by atoms with Gasteiger partial charge >= 0.3 is 5.63 Å². The van der Waals surface area contributed by atoms with Crippen molar-refractivity contribution in [3.8, 4) is 11.5 Å². The lowest BCUT2D eigenvalue weighted by molar-refractivity contribution is 0.379. The largest absolute Gasteiger partial charge is 0.504 e. The Morgan fingerprint density at radius 3 is 2.39 bits per heavy atom. The first-order chi connectivity index (χ1) is 10.9. The van der Waals surface area contributed by atoms with E-state index < -0.39 is 22.9 Å². The smallest absolute Gasteiger partial charge is 0.348 e. The molecule has 0 unspecified atom stereocenters. The highest BCUT2D eigenvalue weighted by Crippen LogP contribution is 2.40. The summed E-state index contributed by atoms with van der Waals surface area (Å²) in [6, 6.07) is 4.59. The number of fused-ring (bicyclic) bond motifs is 5. The van der Waals surface area contributed by atoms with Gasteiger partial charge in [-0.15, -0.1) is 0 Å². The fourth-order valence-corrected chi connectivity index (χ4v) is 2.76. The number of aryl methyl sites for hydroxylation is 2. The summed E-state index contributed by atoms with van der Waals surface area (Å²) >= 11 is 0. The zero-order valence-corrected chi connectivity index (χ0v) is 12.2. The van der Waals surface area contributed by atoms with Crippen LogP contribution in [0.5, 0.6) is 11.5 Å². The molecule has 4 rings (SSSR count). The van der Waals surface area contributed by atoms with Gasteiger partial charge in [0.25, 0.3) is 0 Å². The van der Waals surface area contributed by atoms with Crippen LogP contribution in [0.2, 0.25) is 0 Å². The number of hydrogen-bond acceptors (Lipinski definition) is 5. The standard InChI is InChI=1S/C17H11FO5/c1-6-3-8-11(4-7(6)2)22-17(21)12-9-5-10(19)14(20)13(18)16(9)23-15(8)12/h3-5,19-20H,1-2H3. The molecule has 0 amide bonds. The Hall–Kier alpha value is -3.02. The summed E-state index contributed by atoms with van der Waals surface area (Å²) in [7, 11) is 0. The Morgan fingerprint density at radius 2 is 1.65 bits per heavy atom. The maximum atomic E-state index is 14.1. The number of furan rings is 1. The molecule has 0 atom stereocenters. The van der Waals surface area contributed by atoms with E-state index in [1.165, 1.54) is 0 Å². The molecular weight excluding hydrogens is 303 g/mol. The average Bonchev–Trinajstić information content (AvgIpc) is 2.87. The zero-order chi connectivity index (χ0) is 16.5. The fraction of sp³-hybridized carbons (Fsp3) is 0.118. The van der Waals surface area contributed by atoms with Gasteiger partial charge in [-0.2, -0.15) is 4.39 Å². The third-order valence-electron chi connectivity index (χ3n) is 4.12. The molecule has 0 bridgehead atoms. The minimum Gasteiger partial charge on any atom is -0.504 e. The molecule has 0 fully saturated rings. The molecule has 2 N–H and O–H groups in total. The molecule has 5 nitrogen and oxygen atoms in total. The highest BCUT2D eigenvalue weighted by Gasteiger charge is 2.22. The maximum absolute atomic E-state index is 14.1. The van der Waals surface area contributed by atoms with E-state index >= 15 is 0 Å². The molecule has 0 saturated carbocycles. The van der Waals surface area contributed by atoms with E-state index in [9.17, 15) is 19.4 Å². The summed E-state index contributed by atoms with van der Waals surface area (Å²) in [5.74, 6) is -2.71. The quantitative estimate of drug-likeness (QED) is 0.380. The summed E-state index contributed by atoms with van der Waals surface area (Å²) in [6.45, 7) is 3.78. The first kappa shape index (κ1) is 13.6. The molecule has 4 aromatic rings. The molecule has 2 aromatic heterocycles. The van der Waals surface area contributed by atoms with Crippen molar-refractivity contribution in [3.05, 3.63) is 45.6 Å². The Kier molecular flexibility index (Phi) is 2.52. The van der Waals surface area contributed by atoms with Gasteiger partial charge in [0, 0.05) is 5.39 Å². The Morgan fingerprint density at radius 1 is 0.957 bits per heavy atom. The van der Waals surface area contributed by atoms with Gasteiger partial charge in [0.05, 0.1) is 5.39 Å². The van der Waals surface area contributed by atoms with Crippen LogP contribution in [-0.4, -0.2) is 10.2 Å². The van der Waals surface area contributed by atoms with E-state index in [4.69, 9.17) is 8.83 Å². The molecule has 116 valence electrons. The van der Waals surface area contributed by atoms with Crippen molar-refractivity contribution >= 4 is 32.9 Å². The van der Waals surface area contributed by atoms with E-state index in [2.05, 4.69) is 0 Å². The van der Waals surface area contributed by atoms with E-state index in [0.29, 0.717) is 11.0 Å². The van der Waals surface area contributed by atoms with Crippen molar-refractivity contribution in [2.24, 2.45) is 0 Å². The van der Waals surface area contributed by atoms with Crippen molar-refractivity contribution in [3.63, 3.8) is 0 Å². The summed E-state index contributed by atoms with van der Waals surface area (Å²) in [5.41, 5.74) is 1.40. The Labute approximate surface area is 128 Å². The van der Waals surface area contributed by atoms with E-state index in [1.54, 1.807) is 12.1 Å². The molecule has 0 saturated heterocycles. The second-order valence-electron chi connectivity index (χ2n) is 5.56. The predicted octanol–water partition coefficient (Wildman–Crippen LogP) is 3.86. The van der Waals surface area contributed by atoms with Gasteiger partial charge in [0.2, 0.25) is 5.82 Å². The lowest BCUT2D eigenvalue weighted by atomic mass is 10.1. The summed E-state index contributed by atoms with van der Waals surface area (Å²) < 4.78 is 24.9. The van der Waals surface area contributed by atoms with E-state index in [1.807, 2.05) is 13.8 Å². The van der Waals surface area contributed by atoms with Crippen LogP contribution in [0.1, 0.15) is 11.1 Å². The molecule has 0 spiro atoms. The molecule has 6 heteroatoms. The number of phenols is 2. The SMILES string of the molecule is Cc1cc2oc(=O)c3c4cc(O)c(O)c(F)c4oc3c2cc1C. The van der Waals surface area contributed by atoms with E-state index in [-0.39, 0.29) is 21.9 Å². The first-order valence-corrected chi connectivity index (χ1v) is 6.89. The third kappa shape index (κ3) is 1.69. The van der Waals surface area contributed by atoms with Crippen LogP contribution >= 0.6 is 0 Å². The summed E-state index contributed by atoms with van der Waals surface area (Å²) in [6.07, 6.45) is 0. The number of benzene rings is 2. The highest BCUT2D eigenvalue weighted by molar-refractivity contribution is 6.13. The zero-order valence-electron chi connectivity index (χ0n) is 12.2. The second-order valence-corrected chi connectivity index (χ2v) is 5.56. The fourth-order valence-electron chi connectivity index (χ4n) is 2.76. The molecule has 2 heterocycles. The number of halogens is 1. The topological polar surface area (TPSA) is 83.8 Å². The van der Waals surface area contributed by atoms with Crippen LogP contribution in [0.4, 0.5) is 4.39 Å². The Bertz CT molecular complexity index is 1180. The number of hydrogen-bond donors (Lipinski definition) is 2. The van der Waals surface area contributed by atoms with Gasteiger partial charge in [0.1, 0.15) is 11.0 Å². The summed E-state index contributed by atoms with van der Waals surface area (Å²) in [4.78, 5) is 12.3. The second kappa shape index (κ2) is 4.25. The normalized spacial score (nSPS) is 11.8. The van der Waals surface area contributed by atoms with Crippen molar-refractivity contribution < 1.29 is 23.4 Å². The number of rotatable bonds is 0. The molecule has 0 radical (unpaired) electrons. The lowest BCUT2D eigenvalue weighted by Gasteiger charge is -2.02. The first-order valence-electron chi connectivity index (χ1n) is 6.89. The van der Waals surface area contributed by atoms with Crippen LogP contribution in [0.3, 0.4) is 0 Å². The predicted molar refractivity (Wildman–Crippen MR) is 82.5 cm³/mol. The van der Waals surface area contributed by atoms with Gasteiger partial charge in [-0.25, -0.2) is 4.79 Å². The maximum Gasteiger partial charge on any atom is 0.348 e. The average molecular weight is 314 g/mol. The van der Waals surface area contributed by atoms with Crippen molar-refractivity contribution in [2.75, 3.05) is 0 Å². The number of aromatic hydroxyl groups is 2. The molecule has 2 aromatic carbocycles. The monoisotopic (exact) mass is 314 g/mol. The Balaban J connectivity index is 2.34. The van der Waals surface area contributed by atoms with Gasteiger partial charge in [-0.1, -0.05) is 0 Å². The van der Waals surface area contributed by atoms with Crippen molar-refractivity contribution in [1.29, 1.82) is 0 Å². The van der Waals surface area contributed by atoms with E-state index in [0.717, 1.165) is 17.2 Å². The molecule has 0 aliphatic rings. The molecule has 0 aliphatic heterocycles. The number of phenolic OH excluding ortho intramolecular Hbond substituents is 2. The van der Waals surface area contributed by atoms with Gasteiger partial charge in [-0.05, 0) is 43.2 Å². The van der Waals surface area contributed by atoms with Gasteiger partial charge < -0.3 is 19.0 Å². The van der Waals surface area contributed by atoms with Crippen LogP contribution < -0.4 is 5.63 Å².